The van der Waals surface area contributed by atoms with E-state index in [0.717, 1.165) is 11.3 Å². The summed E-state index contributed by atoms with van der Waals surface area (Å²) in [5.41, 5.74) is 0.995. The predicted octanol–water partition coefficient (Wildman–Crippen LogP) is 3.15. The van der Waals surface area contributed by atoms with Gasteiger partial charge in [-0.1, -0.05) is 0 Å². The maximum atomic E-state index is 10.3. The van der Waals surface area contributed by atoms with Crippen molar-refractivity contribution < 1.29 is 18.7 Å². The zero-order valence-electron chi connectivity index (χ0n) is 11.3. The second kappa shape index (κ2) is 7.70. The van der Waals surface area contributed by atoms with Crippen LogP contribution in [0.4, 0.5) is 0 Å². The van der Waals surface area contributed by atoms with Crippen LogP contribution in [0, 0.1) is 0 Å². The molecule has 4 nitrogen and oxygen atoms in total. The summed E-state index contributed by atoms with van der Waals surface area (Å²) in [5.74, 6) is 0.833. The van der Waals surface area contributed by atoms with Gasteiger partial charge in [-0.2, -0.15) is 0 Å². The molecule has 0 saturated heterocycles. The number of benzene rings is 1. The van der Waals surface area contributed by atoms with Crippen molar-refractivity contribution in [2.75, 3.05) is 19.8 Å². The molecule has 0 amide bonds. The minimum atomic E-state index is -3.07. The van der Waals surface area contributed by atoms with E-state index >= 15 is 0 Å². The third-order valence-corrected chi connectivity index (χ3v) is 4.74. The first-order valence-corrected chi connectivity index (χ1v) is 8.32. The molecule has 18 heavy (non-hydrogen) atoms. The molecule has 0 fully saturated rings. The molecule has 5 heteroatoms. The molecule has 0 aromatic heterocycles. The number of ether oxygens (including phenoxy) is 1. The summed E-state index contributed by atoms with van der Waals surface area (Å²) in [6.07, 6.45) is 0.432. The Labute approximate surface area is 109 Å². The second-order valence-electron chi connectivity index (χ2n) is 3.83. The molecule has 1 N–H and O–H groups in total. The van der Waals surface area contributed by atoms with Gasteiger partial charge in [0, 0.05) is 0 Å². The van der Waals surface area contributed by atoms with E-state index in [0.29, 0.717) is 26.0 Å². The fourth-order valence-electron chi connectivity index (χ4n) is 1.72. The summed E-state index contributed by atoms with van der Waals surface area (Å²) in [6, 6.07) is 7.65. The summed E-state index contributed by atoms with van der Waals surface area (Å²) in [4.78, 5) is 10.3. The standard InChI is InChI=1S/C13H23O4P/c1-4-15-13-9-7-12(8-10-13)11-18(14,16-5-2)17-6-3/h7-10,14,18H,4-6,11H2,1-3H3. The van der Waals surface area contributed by atoms with E-state index in [9.17, 15) is 4.89 Å². The Balaban J connectivity index is 2.68. The Morgan fingerprint density at radius 3 is 1.94 bits per heavy atom. The van der Waals surface area contributed by atoms with Gasteiger partial charge in [-0.3, -0.25) is 0 Å². The van der Waals surface area contributed by atoms with Gasteiger partial charge >= 0.3 is 109 Å². The van der Waals surface area contributed by atoms with Crippen molar-refractivity contribution in [2.45, 2.75) is 26.9 Å². The molecule has 0 spiro atoms. The SMILES string of the molecule is CCOc1ccc(C[PH](O)(OCC)OCC)cc1. The van der Waals surface area contributed by atoms with Crippen LogP contribution in [0.15, 0.2) is 24.3 Å². The van der Waals surface area contributed by atoms with E-state index in [1.54, 1.807) is 0 Å². The zero-order valence-corrected chi connectivity index (χ0v) is 12.3. The first kappa shape index (κ1) is 15.4. The Morgan fingerprint density at radius 1 is 0.944 bits per heavy atom. The molecule has 1 rings (SSSR count). The summed E-state index contributed by atoms with van der Waals surface area (Å²) in [7, 11) is -3.07. The quantitative estimate of drug-likeness (QED) is 0.740. The Kier molecular flexibility index (Phi) is 6.58. The molecule has 0 aliphatic carbocycles. The third kappa shape index (κ3) is 4.91. The molecule has 0 saturated carbocycles. The monoisotopic (exact) mass is 274 g/mol. The van der Waals surface area contributed by atoms with Crippen LogP contribution in [0.25, 0.3) is 0 Å². The fourth-order valence-corrected chi connectivity index (χ4v) is 3.66. The first-order valence-electron chi connectivity index (χ1n) is 6.35. The molecule has 0 atom stereocenters. The normalized spacial score (nSPS) is 12.4. The fraction of sp³-hybridized carbons (Fsp3) is 0.538. The van der Waals surface area contributed by atoms with Crippen LogP contribution in [0.5, 0.6) is 5.75 Å². The molecular formula is C13H23O4P. The minimum absolute atomic E-state index is 0.432. The molecule has 104 valence electrons. The molecule has 0 radical (unpaired) electrons. The predicted molar refractivity (Wildman–Crippen MR) is 75.1 cm³/mol. The summed E-state index contributed by atoms with van der Waals surface area (Å²) < 4.78 is 16.2. The van der Waals surface area contributed by atoms with Crippen molar-refractivity contribution in [3.8, 4) is 5.75 Å². The zero-order chi connectivity index (χ0) is 13.4. The Hall–Kier alpha value is -0.670. The van der Waals surface area contributed by atoms with Crippen LogP contribution in [0.2, 0.25) is 0 Å². The summed E-state index contributed by atoms with van der Waals surface area (Å²) in [5, 5.41) is 0. The maximum absolute atomic E-state index is 10.3. The molecule has 0 aliphatic rings. The van der Waals surface area contributed by atoms with Crippen molar-refractivity contribution in [3.05, 3.63) is 29.8 Å². The van der Waals surface area contributed by atoms with Gasteiger partial charge in [-0.25, -0.2) is 0 Å². The van der Waals surface area contributed by atoms with Crippen molar-refractivity contribution in [1.82, 2.24) is 0 Å². The molecular weight excluding hydrogens is 251 g/mol. The van der Waals surface area contributed by atoms with Crippen molar-refractivity contribution >= 4 is 7.94 Å². The van der Waals surface area contributed by atoms with Crippen LogP contribution in [0.3, 0.4) is 0 Å². The van der Waals surface area contributed by atoms with E-state index in [4.69, 9.17) is 13.8 Å². The van der Waals surface area contributed by atoms with Crippen molar-refractivity contribution in [1.29, 1.82) is 0 Å². The first-order chi connectivity index (χ1) is 8.63. The summed E-state index contributed by atoms with van der Waals surface area (Å²) in [6.45, 7) is 7.23. The molecule has 0 bridgehead atoms. The average Bonchev–Trinajstić information content (AvgIpc) is 2.32. The van der Waals surface area contributed by atoms with E-state index in [1.165, 1.54) is 0 Å². The van der Waals surface area contributed by atoms with Crippen molar-refractivity contribution in [2.24, 2.45) is 0 Å². The van der Waals surface area contributed by atoms with Crippen LogP contribution >= 0.6 is 7.94 Å². The topological polar surface area (TPSA) is 47.9 Å². The van der Waals surface area contributed by atoms with Crippen LogP contribution in [-0.4, -0.2) is 24.7 Å². The van der Waals surface area contributed by atoms with Crippen LogP contribution in [0.1, 0.15) is 26.3 Å². The van der Waals surface area contributed by atoms with Gasteiger partial charge in [0.25, 0.3) is 0 Å². The van der Waals surface area contributed by atoms with Crippen LogP contribution < -0.4 is 4.74 Å². The van der Waals surface area contributed by atoms with E-state index in [1.807, 2.05) is 45.0 Å². The van der Waals surface area contributed by atoms with Crippen molar-refractivity contribution in [3.63, 3.8) is 0 Å². The molecule has 1 aromatic carbocycles. The molecule has 0 aliphatic heterocycles. The molecule has 0 unspecified atom stereocenters. The van der Waals surface area contributed by atoms with E-state index < -0.39 is 7.94 Å². The Bertz CT molecular complexity index is 333. The van der Waals surface area contributed by atoms with Gasteiger partial charge in [0.05, 0.1) is 0 Å². The van der Waals surface area contributed by atoms with Gasteiger partial charge in [0.15, 0.2) is 0 Å². The summed E-state index contributed by atoms with van der Waals surface area (Å²) >= 11 is 0. The van der Waals surface area contributed by atoms with Gasteiger partial charge in [0.2, 0.25) is 0 Å². The van der Waals surface area contributed by atoms with Gasteiger partial charge in [0.1, 0.15) is 0 Å². The van der Waals surface area contributed by atoms with E-state index in [2.05, 4.69) is 0 Å². The number of hydrogen-bond acceptors (Lipinski definition) is 4. The molecule has 1 aromatic rings. The van der Waals surface area contributed by atoms with Gasteiger partial charge in [-0.15, -0.1) is 0 Å². The second-order valence-corrected chi connectivity index (χ2v) is 6.19. The van der Waals surface area contributed by atoms with Gasteiger partial charge < -0.3 is 0 Å². The third-order valence-electron chi connectivity index (χ3n) is 2.40. The van der Waals surface area contributed by atoms with Gasteiger partial charge in [-0.05, 0) is 0 Å². The molecule has 0 heterocycles. The van der Waals surface area contributed by atoms with E-state index in [-0.39, 0.29) is 0 Å². The number of hydrogen-bond donors (Lipinski definition) is 1. The Morgan fingerprint density at radius 2 is 1.50 bits per heavy atom. The van der Waals surface area contributed by atoms with Crippen LogP contribution in [-0.2, 0) is 15.2 Å². The number of rotatable bonds is 8. The average molecular weight is 274 g/mol.